The average molecular weight is 502 g/mol. The van der Waals surface area contributed by atoms with Gasteiger partial charge in [-0.1, -0.05) is 71.2 Å². The van der Waals surface area contributed by atoms with E-state index in [0.29, 0.717) is 44.8 Å². The Morgan fingerprint density at radius 1 is 0.970 bits per heavy atom. The van der Waals surface area contributed by atoms with Crippen molar-refractivity contribution in [2.75, 3.05) is 11.9 Å². The first-order chi connectivity index (χ1) is 15.8. The largest absolute Gasteiger partial charge is 0.324 e. The van der Waals surface area contributed by atoms with Crippen LogP contribution >= 0.6 is 34.8 Å². The van der Waals surface area contributed by atoms with Crippen LogP contribution in [0, 0.1) is 0 Å². The number of nitrogens with zero attached hydrogens (tertiary/aromatic N) is 1. The molecular formula is C26H23Cl3N2O2. The molecule has 0 aromatic heterocycles. The Labute approximate surface area is 208 Å². The number of carbonyl (C=O) groups is 2. The van der Waals surface area contributed by atoms with Crippen LogP contribution in [0.4, 0.5) is 5.69 Å². The molecule has 33 heavy (non-hydrogen) atoms. The standard InChI is InChI=1S/C26H23Cl3N2O2/c1-26(12-5-13-31(26)16-17-8-10-21(28)22(29)14-17)25(33)30-23-11-9-19(27)15-20(23)24(32)18-6-3-2-4-7-18/h2-4,6-11,14-15H,5,12-13,16H2,1H3,(H,30,33)/t26-/m1/s1. The third-order valence-electron chi connectivity index (χ3n) is 6.15. The average Bonchev–Trinajstić information content (AvgIpc) is 3.19. The van der Waals surface area contributed by atoms with Gasteiger partial charge in [-0.2, -0.15) is 0 Å². The molecule has 3 aromatic rings. The molecule has 1 atom stereocenters. The van der Waals surface area contributed by atoms with E-state index >= 15 is 0 Å². The molecule has 1 heterocycles. The van der Waals surface area contributed by atoms with Crippen molar-refractivity contribution in [2.45, 2.75) is 31.8 Å². The van der Waals surface area contributed by atoms with E-state index in [0.717, 1.165) is 18.5 Å². The van der Waals surface area contributed by atoms with Crippen LogP contribution in [0.1, 0.15) is 41.3 Å². The summed E-state index contributed by atoms with van der Waals surface area (Å²) in [6.45, 7) is 3.28. The normalized spacial score (nSPS) is 18.3. The first-order valence-electron chi connectivity index (χ1n) is 10.7. The smallest absolute Gasteiger partial charge is 0.244 e. The number of ketones is 1. The minimum atomic E-state index is -0.737. The predicted octanol–water partition coefficient (Wildman–Crippen LogP) is 6.87. The van der Waals surface area contributed by atoms with E-state index in [1.165, 1.54) is 0 Å². The van der Waals surface area contributed by atoms with Gasteiger partial charge in [-0.05, 0) is 62.2 Å². The number of hydrogen-bond donors (Lipinski definition) is 1. The van der Waals surface area contributed by atoms with Gasteiger partial charge in [0.1, 0.15) is 0 Å². The molecule has 1 aliphatic rings. The molecule has 0 saturated carbocycles. The second-order valence-corrected chi connectivity index (χ2v) is 9.64. The maximum Gasteiger partial charge on any atom is 0.244 e. The maximum absolute atomic E-state index is 13.5. The minimum absolute atomic E-state index is 0.163. The Kier molecular flexibility index (Phi) is 7.10. The minimum Gasteiger partial charge on any atom is -0.324 e. The third-order valence-corrected chi connectivity index (χ3v) is 7.12. The molecule has 1 N–H and O–H groups in total. The molecule has 0 spiro atoms. The molecule has 1 amide bonds. The molecule has 0 aliphatic carbocycles. The third kappa shape index (κ3) is 5.10. The van der Waals surface area contributed by atoms with Crippen LogP contribution in [-0.4, -0.2) is 28.7 Å². The number of rotatable bonds is 6. The molecule has 1 fully saturated rings. The van der Waals surface area contributed by atoms with Gasteiger partial charge in [0.15, 0.2) is 5.78 Å². The number of carbonyl (C=O) groups excluding carboxylic acids is 2. The zero-order valence-corrected chi connectivity index (χ0v) is 20.3. The molecule has 4 rings (SSSR count). The summed E-state index contributed by atoms with van der Waals surface area (Å²) in [5.74, 6) is -0.359. The number of likely N-dealkylation sites (tertiary alicyclic amines) is 1. The molecule has 0 unspecified atom stereocenters. The van der Waals surface area contributed by atoms with E-state index < -0.39 is 5.54 Å². The van der Waals surface area contributed by atoms with Crippen molar-refractivity contribution in [1.29, 1.82) is 0 Å². The number of anilines is 1. The van der Waals surface area contributed by atoms with Gasteiger partial charge < -0.3 is 5.32 Å². The summed E-state index contributed by atoms with van der Waals surface area (Å²) < 4.78 is 0. The summed E-state index contributed by atoms with van der Waals surface area (Å²) in [7, 11) is 0. The number of halogens is 3. The maximum atomic E-state index is 13.5. The first-order valence-corrected chi connectivity index (χ1v) is 11.8. The van der Waals surface area contributed by atoms with Gasteiger partial charge in [-0.25, -0.2) is 0 Å². The number of amides is 1. The fourth-order valence-corrected chi connectivity index (χ4v) is 4.70. The van der Waals surface area contributed by atoms with Gasteiger partial charge in [-0.3, -0.25) is 14.5 Å². The summed E-state index contributed by atoms with van der Waals surface area (Å²) in [6.07, 6.45) is 1.59. The van der Waals surface area contributed by atoms with Crippen molar-refractivity contribution in [3.8, 4) is 0 Å². The van der Waals surface area contributed by atoms with E-state index in [4.69, 9.17) is 34.8 Å². The number of benzene rings is 3. The van der Waals surface area contributed by atoms with Gasteiger partial charge in [0.2, 0.25) is 5.91 Å². The molecule has 170 valence electrons. The van der Waals surface area contributed by atoms with Gasteiger partial charge in [0, 0.05) is 22.7 Å². The van der Waals surface area contributed by atoms with Crippen LogP contribution in [0.2, 0.25) is 15.1 Å². The molecule has 3 aromatic carbocycles. The fourth-order valence-electron chi connectivity index (χ4n) is 4.20. The highest BCUT2D eigenvalue weighted by Gasteiger charge is 2.43. The Morgan fingerprint density at radius 3 is 2.45 bits per heavy atom. The quantitative estimate of drug-likeness (QED) is 0.375. The lowest BCUT2D eigenvalue weighted by Crippen LogP contribution is -2.50. The summed E-state index contributed by atoms with van der Waals surface area (Å²) in [5, 5.41) is 4.42. The SMILES string of the molecule is C[C@]1(C(=O)Nc2ccc(Cl)cc2C(=O)c2ccccc2)CCCN1Cc1ccc(Cl)c(Cl)c1. The van der Waals surface area contributed by atoms with Crippen LogP contribution in [-0.2, 0) is 11.3 Å². The summed E-state index contributed by atoms with van der Waals surface area (Å²) >= 11 is 18.4. The van der Waals surface area contributed by atoms with Crippen molar-refractivity contribution in [2.24, 2.45) is 0 Å². The Hall–Kier alpha value is -2.37. The molecule has 1 saturated heterocycles. The lowest BCUT2D eigenvalue weighted by molar-refractivity contribution is -0.125. The van der Waals surface area contributed by atoms with Gasteiger partial charge in [0.05, 0.1) is 21.3 Å². The predicted molar refractivity (Wildman–Crippen MR) is 134 cm³/mol. The molecule has 0 bridgehead atoms. The monoisotopic (exact) mass is 500 g/mol. The molecule has 1 aliphatic heterocycles. The van der Waals surface area contributed by atoms with Gasteiger partial charge >= 0.3 is 0 Å². The highest BCUT2D eigenvalue weighted by Crippen LogP contribution is 2.34. The molecule has 7 heteroatoms. The lowest BCUT2D eigenvalue weighted by atomic mass is 9.96. The van der Waals surface area contributed by atoms with E-state index in [1.807, 2.05) is 25.1 Å². The molecule has 0 radical (unpaired) electrons. The Bertz CT molecular complexity index is 1200. The van der Waals surface area contributed by atoms with Crippen molar-refractivity contribution >= 4 is 52.2 Å². The molecule has 4 nitrogen and oxygen atoms in total. The van der Waals surface area contributed by atoms with E-state index in [1.54, 1.807) is 48.5 Å². The van der Waals surface area contributed by atoms with Crippen molar-refractivity contribution in [3.05, 3.63) is 98.5 Å². The molecular weight excluding hydrogens is 479 g/mol. The summed E-state index contributed by atoms with van der Waals surface area (Å²) in [5.41, 5.74) is 1.58. The van der Waals surface area contributed by atoms with E-state index in [-0.39, 0.29) is 11.7 Å². The lowest BCUT2D eigenvalue weighted by Gasteiger charge is -2.34. The zero-order valence-electron chi connectivity index (χ0n) is 18.1. The Morgan fingerprint density at radius 2 is 1.73 bits per heavy atom. The second-order valence-electron chi connectivity index (χ2n) is 8.39. The van der Waals surface area contributed by atoms with E-state index in [2.05, 4.69) is 10.2 Å². The highest BCUT2D eigenvalue weighted by atomic mass is 35.5. The van der Waals surface area contributed by atoms with E-state index in [9.17, 15) is 9.59 Å². The second kappa shape index (κ2) is 9.86. The number of hydrogen-bond acceptors (Lipinski definition) is 3. The highest BCUT2D eigenvalue weighted by molar-refractivity contribution is 6.42. The van der Waals surface area contributed by atoms with Gasteiger partial charge in [0.25, 0.3) is 0 Å². The van der Waals surface area contributed by atoms with Crippen molar-refractivity contribution in [1.82, 2.24) is 4.90 Å². The topological polar surface area (TPSA) is 49.4 Å². The van der Waals surface area contributed by atoms with Crippen molar-refractivity contribution in [3.63, 3.8) is 0 Å². The van der Waals surface area contributed by atoms with Crippen LogP contribution < -0.4 is 5.32 Å². The summed E-state index contributed by atoms with van der Waals surface area (Å²) in [6, 6.07) is 19.4. The fraction of sp³-hybridized carbons (Fsp3) is 0.231. The zero-order chi connectivity index (χ0) is 23.6. The Balaban J connectivity index is 1.58. The van der Waals surface area contributed by atoms with Crippen LogP contribution in [0.15, 0.2) is 66.7 Å². The first kappa shape index (κ1) is 23.8. The number of nitrogens with one attached hydrogen (secondary N) is 1. The van der Waals surface area contributed by atoms with Crippen LogP contribution in [0.3, 0.4) is 0 Å². The van der Waals surface area contributed by atoms with Gasteiger partial charge in [-0.15, -0.1) is 0 Å². The summed E-state index contributed by atoms with van der Waals surface area (Å²) in [4.78, 5) is 28.8. The van der Waals surface area contributed by atoms with Crippen molar-refractivity contribution < 1.29 is 9.59 Å². The van der Waals surface area contributed by atoms with Crippen LogP contribution in [0.25, 0.3) is 0 Å². The van der Waals surface area contributed by atoms with Crippen LogP contribution in [0.5, 0.6) is 0 Å².